The van der Waals surface area contributed by atoms with E-state index in [9.17, 15) is 13.2 Å². The van der Waals surface area contributed by atoms with Crippen molar-refractivity contribution in [2.24, 2.45) is 5.41 Å². The van der Waals surface area contributed by atoms with E-state index in [1.54, 1.807) is 0 Å². The minimum Gasteiger partial charge on any atom is -0.380 e. The lowest BCUT2D eigenvalue weighted by molar-refractivity contribution is -0.138. The summed E-state index contributed by atoms with van der Waals surface area (Å²) in [5.41, 5.74) is 0.0409. The van der Waals surface area contributed by atoms with Crippen molar-refractivity contribution >= 4 is 0 Å². The van der Waals surface area contributed by atoms with Crippen LogP contribution in [0.1, 0.15) is 47.0 Å². The zero-order valence-electron chi connectivity index (χ0n) is 11.9. The van der Waals surface area contributed by atoms with Crippen molar-refractivity contribution in [2.45, 2.75) is 59.2 Å². The van der Waals surface area contributed by atoms with Crippen molar-refractivity contribution in [3.05, 3.63) is 0 Å². The molecule has 0 fully saturated rings. The number of nitrogens with one attached hydrogen (secondary N) is 1. The van der Waals surface area contributed by atoms with E-state index in [4.69, 9.17) is 4.74 Å². The first-order valence-corrected chi connectivity index (χ1v) is 6.54. The minimum atomic E-state index is -4.08. The van der Waals surface area contributed by atoms with Gasteiger partial charge in [0, 0.05) is 19.1 Å². The molecule has 0 aliphatic heterocycles. The Morgan fingerprint density at radius 3 is 2.22 bits per heavy atom. The topological polar surface area (TPSA) is 21.3 Å². The first kappa shape index (κ1) is 17.7. The van der Waals surface area contributed by atoms with Gasteiger partial charge in [0.2, 0.25) is 0 Å². The van der Waals surface area contributed by atoms with E-state index in [0.717, 1.165) is 13.0 Å². The van der Waals surface area contributed by atoms with Gasteiger partial charge in [-0.15, -0.1) is 0 Å². The Bertz CT molecular complexity index is 211. The number of ether oxygens (including phenoxy) is 1. The van der Waals surface area contributed by atoms with Gasteiger partial charge in [-0.3, -0.25) is 0 Å². The van der Waals surface area contributed by atoms with Crippen LogP contribution in [0.3, 0.4) is 0 Å². The van der Waals surface area contributed by atoms with E-state index in [2.05, 4.69) is 33.0 Å². The van der Waals surface area contributed by atoms with Crippen LogP contribution in [-0.2, 0) is 4.74 Å². The SMILES string of the molecule is CCCNC(COCCCC(F)(F)F)C(C)(C)C. The van der Waals surface area contributed by atoms with Gasteiger partial charge in [-0.25, -0.2) is 0 Å². The summed E-state index contributed by atoms with van der Waals surface area (Å²) in [4.78, 5) is 0. The van der Waals surface area contributed by atoms with E-state index in [0.29, 0.717) is 6.61 Å². The fraction of sp³-hybridized carbons (Fsp3) is 1.00. The van der Waals surface area contributed by atoms with Crippen molar-refractivity contribution < 1.29 is 17.9 Å². The molecule has 1 atom stereocenters. The molecule has 0 aliphatic rings. The van der Waals surface area contributed by atoms with Crippen LogP contribution in [0.5, 0.6) is 0 Å². The van der Waals surface area contributed by atoms with Crippen LogP contribution in [0, 0.1) is 5.41 Å². The second-order valence-electron chi connectivity index (χ2n) is 5.67. The van der Waals surface area contributed by atoms with Gasteiger partial charge < -0.3 is 10.1 Å². The molecular formula is C13H26F3NO. The second kappa shape index (κ2) is 8.00. The Kier molecular flexibility index (Phi) is 7.87. The highest BCUT2D eigenvalue weighted by molar-refractivity contribution is 4.80. The van der Waals surface area contributed by atoms with E-state index >= 15 is 0 Å². The maximum atomic E-state index is 11.9. The fourth-order valence-electron chi connectivity index (χ4n) is 1.51. The summed E-state index contributed by atoms with van der Waals surface area (Å²) < 4.78 is 41.1. The molecule has 1 unspecified atom stereocenters. The summed E-state index contributed by atoms with van der Waals surface area (Å²) in [7, 11) is 0. The molecule has 0 bridgehead atoms. The molecule has 0 heterocycles. The van der Waals surface area contributed by atoms with Crippen LogP contribution in [0.2, 0.25) is 0 Å². The Morgan fingerprint density at radius 2 is 1.78 bits per heavy atom. The van der Waals surface area contributed by atoms with Gasteiger partial charge in [0.05, 0.1) is 6.61 Å². The molecule has 110 valence electrons. The van der Waals surface area contributed by atoms with Crippen LogP contribution < -0.4 is 5.32 Å². The first-order chi connectivity index (χ1) is 8.17. The highest BCUT2D eigenvalue weighted by atomic mass is 19.4. The molecule has 5 heteroatoms. The predicted octanol–water partition coefficient (Wildman–Crippen LogP) is 3.76. The smallest absolute Gasteiger partial charge is 0.380 e. The predicted molar refractivity (Wildman–Crippen MR) is 67.6 cm³/mol. The fourth-order valence-corrected chi connectivity index (χ4v) is 1.51. The molecule has 2 nitrogen and oxygen atoms in total. The van der Waals surface area contributed by atoms with Gasteiger partial charge in [-0.2, -0.15) is 13.2 Å². The average molecular weight is 269 g/mol. The third-order valence-corrected chi connectivity index (χ3v) is 2.72. The van der Waals surface area contributed by atoms with Gasteiger partial charge in [0.15, 0.2) is 0 Å². The molecule has 0 aromatic rings. The molecule has 0 rings (SSSR count). The summed E-state index contributed by atoms with van der Waals surface area (Å²) >= 11 is 0. The lowest BCUT2D eigenvalue weighted by Gasteiger charge is -2.31. The minimum absolute atomic E-state index is 0.0359. The summed E-state index contributed by atoms with van der Waals surface area (Å²) in [6.07, 6.45) is -3.78. The van der Waals surface area contributed by atoms with Crippen LogP contribution in [0.25, 0.3) is 0 Å². The lowest BCUT2D eigenvalue weighted by Crippen LogP contribution is -2.44. The van der Waals surface area contributed by atoms with Gasteiger partial charge in [-0.1, -0.05) is 27.7 Å². The first-order valence-electron chi connectivity index (χ1n) is 6.54. The van der Waals surface area contributed by atoms with Gasteiger partial charge in [0.1, 0.15) is 0 Å². The highest BCUT2D eigenvalue weighted by Gasteiger charge is 2.27. The molecule has 0 aromatic carbocycles. The maximum Gasteiger partial charge on any atom is 0.389 e. The van der Waals surface area contributed by atoms with Crippen molar-refractivity contribution in [1.29, 1.82) is 0 Å². The molecule has 0 aromatic heterocycles. The maximum absolute atomic E-state index is 11.9. The molecule has 18 heavy (non-hydrogen) atoms. The summed E-state index contributed by atoms with van der Waals surface area (Å²) in [5, 5.41) is 3.37. The van der Waals surface area contributed by atoms with Gasteiger partial charge in [-0.05, 0) is 24.8 Å². The monoisotopic (exact) mass is 269 g/mol. The normalized spacial score (nSPS) is 14.8. The Morgan fingerprint density at radius 1 is 1.17 bits per heavy atom. The van der Waals surface area contributed by atoms with Crippen molar-refractivity contribution in [3.8, 4) is 0 Å². The summed E-state index contributed by atoms with van der Waals surface area (Å²) in [5.74, 6) is 0. The van der Waals surface area contributed by atoms with Crippen LogP contribution in [-0.4, -0.2) is 32.0 Å². The van der Waals surface area contributed by atoms with Gasteiger partial charge in [0.25, 0.3) is 0 Å². The van der Waals surface area contributed by atoms with Crippen LogP contribution >= 0.6 is 0 Å². The van der Waals surface area contributed by atoms with Crippen LogP contribution in [0.4, 0.5) is 13.2 Å². The molecule has 1 N–H and O–H groups in total. The van der Waals surface area contributed by atoms with E-state index in [1.165, 1.54) is 0 Å². The third kappa shape index (κ3) is 9.71. The van der Waals surface area contributed by atoms with E-state index in [-0.39, 0.29) is 24.5 Å². The van der Waals surface area contributed by atoms with E-state index in [1.807, 2.05) is 0 Å². The summed E-state index contributed by atoms with van der Waals surface area (Å²) in [6, 6.07) is 0.170. The molecule has 0 radical (unpaired) electrons. The highest BCUT2D eigenvalue weighted by Crippen LogP contribution is 2.22. The lowest BCUT2D eigenvalue weighted by atomic mass is 9.87. The Balaban J connectivity index is 3.83. The van der Waals surface area contributed by atoms with Crippen molar-refractivity contribution in [2.75, 3.05) is 19.8 Å². The molecule has 0 aliphatic carbocycles. The van der Waals surface area contributed by atoms with Gasteiger partial charge >= 0.3 is 6.18 Å². The molecule has 0 saturated carbocycles. The largest absolute Gasteiger partial charge is 0.389 e. The zero-order valence-corrected chi connectivity index (χ0v) is 11.9. The number of alkyl halides is 3. The standard InChI is InChI=1S/C13H26F3NO/c1-5-8-17-11(12(2,3)4)10-18-9-6-7-13(14,15)16/h11,17H,5-10H2,1-4H3. The zero-order chi connectivity index (χ0) is 14.2. The molecule has 0 saturated heterocycles. The second-order valence-corrected chi connectivity index (χ2v) is 5.67. The molecular weight excluding hydrogens is 243 g/mol. The summed E-state index contributed by atoms with van der Waals surface area (Å²) in [6.45, 7) is 9.89. The Labute approximate surface area is 108 Å². The number of hydrogen-bond acceptors (Lipinski definition) is 2. The molecule has 0 spiro atoms. The Hall–Kier alpha value is -0.290. The number of rotatable bonds is 8. The van der Waals surface area contributed by atoms with Crippen molar-refractivity contribution in [3.63, 3.8) is 0 Å². The number of hydrogen-bond donors (Lipinski definition) is 1. The average Bonchev–Trinajstić information content (AvgIpc) is 2.18. The van der Waals surface area contributed by atoms with Crippen molar-refractivity contribution in [1.82, 2.24) is 5.32 Å². The third-order valence-electron chi connectivity index (χ3n) is 2.72. The quantitative estimate of drug-likeness (QED) is 0.677. The number of halogens is 3. The molecule has 0 amide bonds. The van der Waals surface area contributed by atoms with Crippen LogP contribution in [0.15, 0.2) is 0 Å². The van der Waals surface area contributed by atoms with E-state index < -0.39 is 12.6 Å².